The van der Waals surface area contributed by atoms with Gasteiger partial charge in [-0.2, -0.15) is 0 Å². The molecule has 1 N–H and O–H groups in total. The van der Waals surface area contributed by atoms with E-state index in [1.807, 2.05) is 12.3 Å². The summed E-state index contributed by atoms with van der Waals surface area (Å²) in [5, 5.41) is 4.21. The molecule has 1 atom stereocenters. The first-order valence-corrected chi connectivity index (χ1v) is 7.87. The quantitative estimate of drug-likeness (QED) is 0.940. The number of nitrogens with zero attached hydrogens (tertiary/aromatic N) is 3. The van der Waals surface area contributed by atoms with E-state index in [-0.39, 0.29) is 0 Å². The average molecular weight is 288 g/mol. The molecule has 5 heteroatoms. The van der Waals surface area contributed by atoms with Gasteiger partial charge in [-0.25, -0.2) is 9.97 Å². The van der Waals surface area contributed by atoms with Crippen molar-refractivity contribution in [1.29, 1.82) is 0 Å². The molecule has 106 valence electrons. The van der Waals surface area contributed by atoms with E-state index in [4.69, 9.17) is 4.98 Å². The minimum atomic E-state index is 0.550. The first kappa shape index (κ1) is 13.5. The zero-order valence-electron chi connectivity index (χ0n) is 12.0. The lowest BCUT2D eigenvalue weighted by Gasteiger charge is -2.29. The van der Waals surface area contributed by atoms with Gasteiger partial charge in [0.05, 0.1) is 0 Å². The largest absolute Gasteiger partial charge is 0.316 e. The first-order chi connectivity index (χ1) is 9.70. The zero-order chi connectivity index (χ0) is 13.9. The fraction of sp³-hybridized carbons (Fsp3) is 0.467. The van der Waals surface area contributed by atoms with Gasteiger partial charge in [0.1, 0.15) is 5.82 Å². The Balaban J connectivity index is 1.75. The highest BCUT2D eigenvalue weighted by molar-refractivity contribution is 7.15. The lowest BCUT2D eigenvalue weighted by atomic mass is 9.95. The molecule has 0 spiro atoms. The fourth-order valence-electron chi connectivity index (χ4n) is 2.68. The summed E-state index contributed by atoms with van der Waals surface area (Å²) in [5.41, 5.74) is 1.19. The van der Waals surface area contributed by atoms with Crippen molar-refractivity contribution >= 4 is 22.3 Å². The third kappa shape index (κ3) is 3.16. The maximum Gasteiger partial charge on any atom is 0.188 e. The molecule has 0 bridgehead atoms. The predicted octanol–water partition coefficient (Wildman–Crippen LogP) is 3.40. The topological polar surface area (TPSA) is 41.1 Å². The summed E-state index contributed by atoms with van der Waals surface area (Å²) in [6.07, 6.45) is 4.37. The van der Waals surface area contributed by atoms with E-state index in [0.29, 0.717) is 5.92 Å². The molecular weight excluding hydrogens is 268 g/mol. The molecular formula is C15H20N4S. The molecule has 0 radical (unpaired) electrons. The van der Waals surface area contributed by atoms with Gasteiger partial charge in [0.25, 0.3) is 0 Å². The van der Waals surface area contributed by atoms with E-state index in [2.05, 4.69) is 41.3 Å². The molecule has 1 aliphatic heterocycles. The summed E-state index contributed by atoms with van der Waals surface area (Å²) in [5.74, 6) is 1.44. The molecule has 0 unspecified atom stereocenters. The number of likely N-dealkylation sites (tertiary alicyclic amines) is 1. The van der Waals surface area contributed by atoms with Crippen molar-refractivity contribution in [3.8, 4) is 0 Å². The average Bonchev–Trinajstić information content (AvgIpc) is 2.84. The van der Waals surface area contributed by atoms with Crippen LogP contribution in [0.1, 0.15) is 29.3 Å². The lowest BCUT2D eigenvalue weighted by Crippen LogP contribution is -2.31. The summed E-state index contributed by atoms with van der Waals surface area (Å²) >= 11 is 1.65. The second-order valence-corrected chi connectivity index (χ2v) is 6.68. The molecule has 1 fully saturated rings. The van der Waals surface area contributed by atoms with Crippen LogP contribution in [0, 0.1) is 6.92 Å². The molecule has 0 saturated carbocycles. The summed E-state index contributed by atoms with van der Waals surface area (Å²) < 4.78 is 0. The minimum absolute atomic E-state index is 0.550. The smallest absolute Gasteiger partial charge is 0.188 e. The summed E-state index contributed by atoms with van der Waals surface area (Å²) in [7, 11) is 2.19. The van der Waals surface area contributed by atoms with Crippen LogP contribution in [0.5, 0.6) is 0 Å². The van der Waals surface area contributed by atoms with Crippen molar-refractivity contribution in [2.45, 2.75) is 25.7 Å². The van der Waals surface area contributed by atoms with Gasteiger partial charge in [-0.15, -0.1) is 11.3 Å². The van der Waals surface area contributed by atoms with Gasteiger partial charge in [-0.05, 0) is 45.5 Å². The maximum atomic E-state index is 4.76. The predicted molar refractivity (Wildman–Crippen MR) is 83.8 cm³/mol. The van der Waals surface area contributed by atoms with Crippen molar-refractivity contribution in [2.24, 2.45) is 0 Å². The molecule has 3 rings (SSSR count). The van der Waals surface area contributed by atoms with Gasteiger partial charge in [0.2, 0.25) is 0 Å². The van der Waals surface area contributed by atoms with Crippen LogP contribution in [0.25, 0.3) is 0 Å². The molecule has 1 aliphatic rings. The number of hydrogen-bond acceptors (Lipinski definition) is 5. The number of hydrogen-bond donors (Lipinski definition) is 1. The summed E-state index contributed by atoms with van der Waals surface area (Å²) in [4.78, 5) is 12.7. The fourth-order valence-corrected chi connectivity index (χ4v) is 3.35. The number of nitrogens with one attached hydrogen (secondary N) is 1. The molecule has 0 aliphatic carbocycles. The van der Waals surface area contributed by atoms with Gasteiger partial charge in [0.15, 0.2) is 5.13 Å². The normalized spacial score (nSPS) is 20.0. The standard InChI is InChI=1S/C15H20N4S/c1-11-9-16-15(20-11)18-14-7-3-6-13(17-14)12-5-4-8-19(2)10-12/h3,6-7,9,12H,4-5,8,10H2,1-2H3,(H,16,17,18)/t12-/m1/s1. The van der Waals surface area contributed by atoms with Crippen LogP contribution in [-0.2, 0) is 0 Å². The minimum Gasteiger partial charge on any atom is -0.316 e. The number of anilines is 2. The second kappa shape index (κ2) is 5.89. The summed E-state index contributed by atoms with van der Waals surface area (Å²) in [6, 6.07) is 6.23. The number of thiazole rings is 1. The van der Waals surface area contributed by atoms with Crippen molar-refractivity contribution in [3.63, 3.8) is 0 Å². The number of rotatable bonds is 3. The van der Waals surface area contributed by atoms with E-state index in [1.165, 1.54) is 30.0 Å². The van der Waals surface area contributed by atoms with Gasteiger partial charge >= 0.3 is 0 Å². The molecule has 0 amide bonds. The van der Waals surface area contributed by atoms with E-state index < -0.39 is 0 Å². The van der Waals surface area contributed by atoms with Crippen molar-refractivity contribution in [1.82, 2.24) is 14.9 Å². The van der Waals surface area contributed by atoms with Gasteiger partial charge in [-0.3, -0.25) is 0 Å². The highest BCUT2D eigenvalue weighted by Gasteiger charge is 2.20. The third-order valence-corrected chi connectivity index (χ3v) is 4.50. The van der Waals surface area contributed by atoms with Crippen LogP contribution in [-0.4, -0.2) is 35.0 Å². The lowest BCUT2D eigenvalue weighted by molar-refractivity contribution is 0.248. The molecule has 1 saturated heterocycles. The van der Waals surface area contributed by atoms with Crippen LogP contribution in [0.4, 0.5) is 10.9 Å². The Bertz CT molecular complexity index is 581. The first-order valence-electron chi connectivity index (χ1n) is 7.05. The van der Waals surface area contributed by atoms with E-state index in [9.17, 15) is 0 Å². The Morgan fingerprint density at radius 3 is 3.05 bits per heavy atom. The van der Waals surface area contributed by atoms with E-state index in [1.54, 1.807) is 11.3 Å². The zero-order valence-corrected chi connectivity index (χ0v) is 12.8. The van der Waals surface area contributed by atoms with Crippen LogP contribution in [0.2, 0.25) is 0 Å². The molecule has 2 aromatic rings. The Hall–Kier alpha value is -1.46. The number of pyridine rings is 1. The Morgan fingerprint density at radius 1 is 1.40 bits per heavy atom. The second-order valence-electron chi connectivity index (χ2n) is 5.45. The molecule has 0 aromatic carbocycles. The molecule has 4 nitrogen and oxygen atoms in total. The van der Waals surface area contributed by atoms with Crippen molar-refractivity contribution < 1.29 is 0 Å². The summed E-state index contributed by atoms with van der Waals surface area (Å²) in [6.45, 7) is 4.37. The Morgan fingerprint density at radius 2 is 2.30 bits per heavy atom. The number of aryl methyl sites for hydroxylation is 1. The van der Waals surface area contributed by atoms with Crippen LogP contribution >= 0.6 is 11.3 Å². The SMILES string of the molecule is Cc1cnc(Nc2cccc([C@@H]3CCCN(C)C3)n2)s1. The van der Waals surface area contributed by atoms with Crippen LogP contribution in [0.15, 0.2) is 24.4 Å². The van der Waals surface area contributed by atoms with Crippen LogP contribution in [0.3, 0.4) is 0 Å². The van der Waals surface area contributed by atoms with Crippen LogP contribution < -0.4 is 5.32 Å². The number of aromatic nitrogens is 2. The molecule has 2 aromatic heterocycles. The van der Waals surface area contributed by atoms with Gasteiger partial charge in [0, 0.05) is 29.2 Å². The number of likely N-dealkylation sites (N-methyl/N-ethyl adjacent to an activating group) is 1. The van der Waals surface area contributed by atoms with Crippen molar-refractivity contribution in [3.05, 3.63) is 35.0 Å². The number of piperidine rings is 1. The highest BCUT2D eigenvalue weighted by Crippen LogP contribution is 2.27. The monoisotopic (exact) mass is 288 g/mol. The highest BCUT2D eigenvalue weighted by atomic mass is 32.1. The van der Waals surface area contributed by atoms with E-state index in [0.717, 1.165) is 17.5 Å². The van der Waals surface area contributed by atoms with Gasteiger partial charge < -0.3 is 10.2 Å². The Kier molecular flexibility index (Phi) is 3.98. The molecule has 3 heterocycles. The van der Waals surface area contributed by atoms with E-state index >= 15 is 0 Å². The third-order valence-electron chi connectivity index (χ3n) is 3.67. The molecule has 20 heavy (non-hydrogen) atoms. The maximum absolute atomic E-state index is 4.76. The van der Waals surface area contributed by atoms with Crippen molar-refractivity contribution in [2.75, 3.05) is 25.5 Å². The Labute approximate surface area is 123 Å². The van der Waals surface area contributed by atoms with Gasteiger partial charge in [-0.1, -0.05) is 6.07 Å².